The lowest BCUT2D eigenvalue weighted by molar-refractivity contribution is 0.257. The maximum absolute atomic E-state index is 5.93. The molecule has 0 heterocycles. The summed E-state index contributed by atoms with van der Waals surface area (Å²) in [6.07, 6.45) is 6.79. The minimum absolute atomic E-state index is 0.0550. The summed E-state index contributed by atoms with van der Waals surface area (Å²) in [7, 11) is 0. The van der Waals surface area contributed by atoms with Gasteiger partial charge in [0.25, 0.3) is 0 Å². The van der Waals surface area contributed by atoms with Gasteiger partial charge in [-0.1, -0.05) is 37.6 Å². The van der Waals surface area contributed by atoms with Crippen LogP contribution in [0.4, 0.5) is 0 Å². The van der Waals surface area contributed by atoms with E-state index in [1.54, 1.807) is 0 Å². The summed E-state index contributed by atoms with van der Waals surface area (Å²) in [5.41, 5.74) is 1.37. The van der Waals surface area contributed by atoms with Crippen LogP contribution >= 0.6 is 11.6 Å². The first kappa shape index (κ1) is 12.6. The maximum Gasteiger partial charge on any atom is 0.0852 e. The molecule has 0 aromatic heterocycles. The van der Waals surface area contributed by atoms with Gasteiger partial charge in [0.2, 0.25) is 0 Å². The van der Waals surface area contributed by atoms with E-state index in [0.717, 1.165) is 11.4 Å². The van der Waals surface area contributed by atoms with Crippen LogP contribution in [0.5, 0.6) is 0 Å². The van der Waals surface area contributed by atoms with E-state index in [1.807, 2.05) is 12.1 Å². The highest BCUT2D eigenvalue weighted by molar-refractivity contribution is 6.30. The van der Waals surface area contributed by atoms with Crippen molar-refractivity contribution in [2.24, 2.45) is 10.9 Å². The van der Waals surface area contributed by atoms with E-state index in [2.05, 4.69) is 32.2 Å². The molecule has 1 aliphatic rings. The number of nitrogens with zero attached hydrogens (tertiary/aromatic N) is 1. The summed E-state index contributed by atoms with van der Waals surface area (Å²) < 4.78 is 0. The molecule has 1 nitrogen and oxygen atoms in total. The highest BCUT2D eigenvalue weighted by Crippen LogP contribution is 2.45. The third kappa shape index (κ3) is 2.90. The van der Waals surface area contributed by atoms with Gasteiger partial charge in [0.15, 0.2) is 0 Å². The molecular formula is C15H20ClN. The van der Waals surface area contributed by atoms with E-state index in [0.29, 0.717) is 5.92 Å². The Bertz CT molecular complexity index is 388. The predicted molar refractivity (Wildman–Crippen MR) is 74.9 cm³/mol. The predicted octanol–water partition coefficient (Wildman–Crippen LogP) is 4.84. The fourth-order valence-electron chi connectivity index (χ4n) is 2.20. The Kier molecular flexibility index (Phi) is 3.88. The summed E-state index contributed by atoms with van der Waals surface area (Å²) in [6.45, 7) is 4.45. The third-order valence-electron chi connectivity index (χ3n) is 3.48. The molecule has 0 aliphatic heterocycles. The van der Waals surface area contributed by atoms with Gasteiger partial charge in [0.05, 0.1) is 5.54 Å². The van der Waals surface area contributed by atoms with Crippen molar-refractivity contribution in [2.75, 3.05) is 0 Å². The van der Waals surface area contributed by atoms with Crippen molar-refractivity contribution in [1.29, 1.82) is 0 Å². The summed E-state index contributed by atoms with van der Waals surface area (Å²) >= 11 is 5.93. The molecule has 1 aliphatic carbocycles. The van der Waals surface area contributed by atoms with Crippen LogP contribution in [0.3, 0.4) is 0 Å². The van der Waals surface area contributed by atoms with E-state index in [1.165, 1.54) is 24.8 Å². The topological polar surface area (TPSA) is 12.4 Å². The second-order valence-electron chi connectivity index (χ2n) is 5.33. The molecule has 0 spiro atoms. The second kappa shape index (κ2) is 5.22. The Morgan fingerprint density at radius 1 is 1.29 bits per heavy atom. The zero-order valence-corrected chi connectivity index (χ0v) is 11.4. The standard InChI is InChI=1S/C15H20ClN/c1-12(2)8-11-17-15(9-3-10-15)13-4-6-14(16)7-5-13/h4-7,11-12H,3,8-10H2,1-2H3/b17-11-. The van der Waals surface area contributed by atoms with E-state index >= 15 is 0 Å². The van der Waals surface area contributed by atoms with Crippen LogP contribution in [0.25, 0.3) is 0 Å². The number of halogens is 1. The smallest absolute Gasteiger partial charge is 0.0852 e. The quantitative estimate of drug-likeness (QED) is 0.678. The molecular weight excluding hydrogens is 230 g/mol. The molecule has 0 N–H and O–H groups in total. The first-order valence-electron chi connectivity index (χ1n) is 6.42. The average Bonchev–Trinajstić information content (AvgIpc) is 2.23. The van der Waals surface area contributed by atoms with Gasteiger partial charge >= 0.3 is 0 Å². The molecule has 0 saturated heterocycles. The van der Waals surface area contributed by atoms with Crippen LogP contribution < -0.4 is 0 Å². The lowest BCUT2D eigenvalue weighted by Gasteiger charge is -2.39. The minimum Gasteiger partial charge on any atom is -0.286 e. The highest BCUT2D eigenvalue weighted by Gasteiger charge is 2.37. The van der Waals surface area contributed by atoms with Gasteiger partial charge in [-0.2, -0.15) is 0 Å². The summed E-state index contributed by atoms with van der Waals surface area (Å²) in [4.78, 5) is 4.83. The van der Waals surface area contributed by atoms with Crippen LogP contribution in [-0.2, 0) is 5.54 Å². The van der Waals surface area contributed by atoms with E-state index in [9.17, 15) is 0 Å². The lowest BCUT2D eigenvalue weighted by Crippen LogP contribution is -2.32. The SMILES string of the molecule is CC(C)C/C=N\C1(c2ccc(Cl)cc2)CCC1. The van der Waals surface area contributed by atoms with Gasteiger partial charge < -0.3 is 0 Å². The minimum atomic E-state index is 0.0550. The summed E-state index contributed by atoms with van der Waals surface area (Å²) in [5, 5.41) is 0.800. The molecule has 2 heteroatoms. The van der Waals surface area contributed by atoms with Crippen LogP contribution in [0.1, 0.15) is 45.1 Å². The number of hydrogen-bond acceptors (Lipinski definition) is 1. The van der Waals surface area contributed by atoms with Crippen molar-refractivity contribution in [1.82, 2.24) is 0 Å². The number of rotatable bonds is 4. The van der Waals surface area contributed by atoms with E-state index in [-0.39, 0.29) is 5.54 Å². The van der Waals surface area contributed by atoms with Crippen LogP contribution in [-0.4, -0.2) is 6.21 Å². The molecule has 0 atom stereocenters. The van der Waals surface area contributed by atoms with Crippen molar-refractivity contribution < 1.29 is 0 Å². The zero-order chi connectivity index (χ0) is 12.3. The Hall–Kier alpha value is -0.820. The Balaban J connectivity index is 2.14. The van der Waals surface area contributed by atoms with E-state index in [4.69, 9.17) is 16.6 Å². The lowest BCUT2D eigenvalue weighted by atomic mass is 9.72. The van der Waals surface area contributed by atoms with Gasteiger partial charge in [0.1, 0.15) is 0 Å². The normalized spacial score (nSPS) is 18.6. The molecule has 17 heavy (non-hydrogen) atoms. The largest absolute Gasteiger partial charge is 0.286 e. The van der Waals surface area contributed by atoms with Gasteiger partial charge in [-0.15, -0.1) is 0 Å². The zero-order valence-electron chi connectivity index (χ0n) is 10.6. The summed E-state index contributed by atoms with van der Waals surface area (Å²) in [6, 6.07) is 8.17. The van der Waals surface area contributed by atoms with Crippen molar-refractivity contribution in [3.8, 4) is 0 Å². The molecule has 2 rings (SSSR count). The number of benzene rings is 1. The molecule has 1 aromatic rings. The van der Waals surface area contributed by atoms with Gasteiger partial charge in [-0.05, 0) is 49.3 Å². The maximum atomic E-state index is 5.93. The molecule has 1 aromatic carbocycles. The Morgan fingerprint density at radius 3 is 2.41 bits per heavy atom. The fourth-order valence-corrected chi connectivity index (χ4v) is 2.33. The fraction of sp³-hybridized carbons (Fsp3) is 0.533. The van der Waals surface area contributed by atoms with E-state index < -0.39 is 0 Å². The first-order valence-corrected chi connectivity index (χ1v) is 6.80. The van der Waals surface area contributed by atoms with Crippen LogP contribution in [0.2, 0.25) is 5.02 Å². The molecule has 92 valence electrons. The molecule has 0 bridgehead atoms. The monoisotopic (exact) mass is 249 g/mol. The van der Waals surface area contributed by atoms with Crippen molar-refractivity contribution in [2.45, 2.75) is 45.1 Å². The Morgan fingerprint density at radius 2 is 1.94 bits per heavy atom. The highest BCUT2D eigenvalue weighted by atomic mass is 35.5. The molecule has 1 fully saturated rings. The molecule has 0 amide bonds. The van der Waals surface area contributed by atoms with Crippen molar-refractivity contribution in [3.63, 3.8) is 0 Å². The number of hydrogen-bond donors (Lipinski definition) is 0. The summed E-state index contributed by atoms with van der Waals surface area (Å²) in [5.74, 6) is 0.682. The third-order valence-corrected chi connectivity index (χ3v) is 3.73. The Labute approximate surface area is 109 Å². The van der Waals surface area contributed by atoms with Crippen molar-refractivity contribution >= 4 is 17.8 Å². The van der Waals surface area contributed by atoms with Crippen LogP contribution in [0.15, 0.2) is 29.3 Å². The molecule has 1 saturated carbocycles. The van der Waals surface area contributed by atoms with Gasteiger partial charge in [0, 0.05) is 11.2 Å². The average molecular weight is 250 g/mol. The van der Waals surface area contributed by atoms with Crippen molar-refractivity contribution in [3.05, 3.63) is 34.9 Å². The second-order valence-corrected chi connectivity index (χ2v) is 5.77. The van der Waals surface area contributed by atoms with Gasteiger partial charge in [-0.3, -0.25) is 4.99 Å². The van der Waals surface area contributed by atoms with Gasteiger partial charge in [-0.25, -0.2) is 0 Å². The molecule has 0 radical (unpaired) electrons. The molecule has 0 unspecified atom stereocenters. The number of aliphatic imine (C=N–C) groups is 1. The first-order chi connectivity index (χ1) is 8.12. The van der Waals surface area contributed by atoms with Crippen LogP contribution in [0, 0.1) is 5.92 Å².